The van der Waals surface area contributed by atoms with Crippen molar-refractivity contribution in [1.82, 2.24) is 10.6 Å². The number of amides is 2. The van der Waals surface area contributed by atoms with Crippen LogP contribution in [-0.2, 0) is 0 Å². The van der Waals surface area contributed by atoms with Crippen LogP contribution in [0.3, 0.4) is 0 Å². The highest BCUT2D eigenvalue weighted by molar-refractivity contribution is 5.94. The van der Waals surface area contributed by atoms with Crippen LogP contribution in [0.4, 0.5) is 9.18 Å². The predicted octanol–water partition coefficient (Wildman–Crippen LogP) is 2.13. The van der Waals surface area contributed by atoms with E-state index in [9.17, 15) is 14.0 Å². The first-order chi connectivity index (χ1) is 9.54. The van der Waals surface area contributed by atoms with E-state index in [0.29, 0.717) is 31.2 Å². The van der Waals surface area contributed by atoms with Gasteiger partial charge in [0.2, 0.25) is 0 Å². The molecule has 1 aliphatic rings. The highest BCUT2D eigenvalue weighted by Crippen LogP contribution is 2.19. The molecule has 2 rings (SSSR count). The number of nitrogens with one attached hydrogen (secondary N) is 2. The Bertz CT molecular complexity index is 499. The predicted molar refractivity (Wildman–Crippen MR) is 71.1 cm³/mol. The van der Waals surface area contributed by atoms with Gasteiger partial charge in [-0.05, 0) is 43.9 Å². The summed E-state index contributed by atoms with van der Waals surface area (Å²) in [5.41, 5.74) is 0.302. The zero-order valence-corrected chi connectivity index (χ0v) is 10.9. The Balaban J connectivity index is 1.83. The SMILES string of the molecule is O=C(O)N[C@H]1CC[C@H](NC(=O)c2cccc(F)c2)CC1. The molecule has 0 unspecified atom stereocenters. The van der Waals surface area contributed by atoms with E-state index < -0.39 is 11.9 Å². The number of carboxylic acid groups (broad SMARTS) is 1. The van der Waals surface area contributed by atoms with Gasteiger partial charge in [-0.15, -0.1) is 0 Å². The molecular formula is C14H17FN2O3. The largest absolute Gasteiger partial charge is 0.465 e. The molecule has 20 heavy (non-hydrogen) atoms. The number of carbonyl (C=O) groups excluding carboxylic acids is 1. The summed E-state index contributed by atoms with van der Waals surface area (Å²) in [4.78, 5) is 22.5. The highest BCUT2D eigenvalue weighted by Gasteiger charge is 2.23. The molecule has 0 aliphatic heterocycles. The molecule has 0 aromatic heterocycles. The van der Waals surface area contributed by atoms with Gasteiger partial charge >= 0.3 is 6.09 Å². The van der Waals surface area contributed by atoms with Crippen molar-refractivity contribution in [3.8, 4) is 0 Å². The molecule has 0 radical (unpaired) electrons. The average Bonchev–Trinajstić information content (AvgIpc) is 2.40. The summed E-state index contributed by atoms with van der Waals surface area (Å²) in [6.07, 6.45) is 1.80. The van der Waals surface area contributed by atoms with E-state index in [1.165, 1.54) is 18.2 Å². The minimum atomic E-state index is -1.02. The molecule has 0 bridgehead atoms. The maximum atomic E-state index is 13.0. The van der Waals surface area contributed by atoms with Crippen molar-refractivity contribution in [2.45, 2.75) is 37.8 Å². The van der Waals surface area contributed by atoms with Crippen LogP contribution in [0.1, 0.15) is 36.0 Å². The van der Waals surface area contributed by atoms with Gasteiger partial charge in [0.15, 0.2) is 0 Å². The number of benzene rings is 1. The molecule has 0 atom stereocenters. The summed E-state index contributed by atoms with van der Waals surface area (Å²) in [5, 5.41) is 13.9. The Morgan fingerprint density at radius 3 is 2.25 bits per heavy atom. The lowest BCUT2D eigenvalue weighted by atomic mass is 9.91. The summed E-state index contributed by atoms with van der Waals surface area (Å²) >= 11 is 0. The number of hydrogen-bond acceptors (Lipinski definition) is 2. The number of carbonyl (C=O) groups is 2. The Morgan fingerprint density at radius 1 is 1.10 bits per heavy atom. The second-order valence-corrected chi connectivity index (χ2v) is 4.98. The fraction of sp³-hybridized carbons (Fsp3) is 0.429. The van der Waals surface area contributed by atoms with Crippen LogP contribution in [0.15, 0.2) is 24.3 Å². The van der Waals surface area contributed by atoms with E-state index in [0.717, 1.165) is 0 Å². The second-order valence-electron chi connectivity index (χ2n) is 4.98. The van der Waals surface area contributed by atoms with Gasteiger partial charge in [0.1, 0.15) is 5.82 Å². The normalized spacial score (nSPS) is 22.1. The molecule has 1 aromatic rings. The first-order valence-electron chi connectivity index (χ1n) is 6.60. The number of halogens is 1. The molecule has 1 aromatic carbocycles. The Kier molecular flexibility index (Phi) is 4.55. The van der Waals surface area contributed by atoms with Gasteiger partial charge in [0.05, 0.1) is 0 Å². The monoisotopic (exact) mass is 280 g/mol. The topological polar surface area (TPSA) is 78.4 Å². The summed E-state index contributed by atoms with van der Waals surface area (Å²) in [7, 11) is 0. The maximum Gasteiger partial charge on any atom is 0.404 e. The molecule has 0 saturated heterocycles. The molecule has 1 fully saturated rings. The van der Waals surface area contributed by atoms with E-state index in [4.69, 9.17) is 5.11 Å². The van der Waals surface area contributed by atoms with Gasteiger partial charge in [-0.2, -0.15) is 0 Å². The van der Waals surface area contributed by atoms with Crippen LogP contribution in [0.5, 0.6) is 0 Å². The van der Waals surface area contributed by atoms with Crippen LogP contribution >= 0.6 is 0 Å². The summed E-state index contributed by atoms with van der Waals surface area (Å²) in [6, 6.07) is 5.52. The van der Waals surface area contributed by atoms with Gasteiger partial charge < -0.3 is 15.7 Å². The molecule has 1 aliphatic carbocycles. The first kappa shape index (κ1) is 14.3. The minimum Gasteiger partial charge on any atom is -0.465 e. The van der Waals surface area contributed by atoms with Crippen LogP contribution in [0, 0.1) is 5.82 Å². The van der Waals surface area contributed by atoms with Crippen molar-refractivity contribution < 1.29 is 19.1 Å². The van der Waals surface area contributed by atoms with Crippen molar-refractivity contribution in [3.63, 3.8) is 0 Å². The van der Waals surface area contributed by atoms with Crippen LogP contribution in [0.2, 0.25) is 0 Å². The first-order valence-corrected chi connectivity index (χ1v) is 6.60. The lowest BCUT2D eigenvalue weighted by Gasteiger charge is -2.28. The van der Waals surface area contributed by atoms with Gasteiger partial charge in [0, 0.05) is 17.6 Å². The van der Waals surface area contributed by atoms with Crippen LogP contribution in [0.25, 0.3) is 0 Å². The lowest BCUT2D eigenvalue weighted by Crippen LogP contribution is -2.43. The second kappa shape index (κ2) is 6.36. The summed E-state index contributed by atoms with van der Waals surface area (Å²) < 4.78 is 13.0. The van der Waals surface area contributed by atoms with Gasteiger partial charge in [0.25, 0.3) is 5.91 Å². The van der Waals surface area contributed by atoms with Gasteiger partial charge in [-0.1, -0.05) is 6.07 Å². The van der Waals surface area contributed by atoms with E-state index in [1.807, 2.05) is 0 Å². The molecule has 3 N–H and O–H groups in total. The number of rotatable bonds is 3. The zero-order valence-electron chi connectivity index (χ0n) is 10.9. The lowest BCUT2D eigenvalue weighted by molar-refractivity contribution is 0.0922. The molecular weight excluding hydrogens is 263 g/mol. The van der Waals surface area contributed by atoms with Gasteiger partial charge in [-0.3, -0.25) is 4.79 Å². The summed E-state index contributed by atoms with van der Waals surface area (Å²) in [6.45, 7) is 0. The third kappa shape index (κ3) is 3.94. The van der Waals surface area contributed by atoms with Crippen molar-refractivity contribution >= 4 is 12.0 Å². The van der Waals surface area contributed by atoms with E-state index in [1.54, 1.807) is 6.07 Å². The minimum absolute atomic E-state index is 0.0117. The van der Waals surface area contributed by atoms with Crippen molar-refractivity contribution in [1.29, 1.82) is 0 Å². The molecule has 0 spiro atoms. The molecule has 2 amide bonds. The number of hydrogen-bond donors (Lipinski definition) is 3. The van der Waals surface area contributed by atoms with E-state index >= 15 is 0 Å². The molecule has 108 valence electrons. The highest BCUT2D eigenvalue weighted by atomic mass is 19.1. The molecule has 6 heteroatoms. The standard InChI is InChI=1S/C14H17FN2O3/c15-10-3-1-2-9(8-10)13(18)16-11-4-6-12(7-5-11)17-14(19)20/h1-3,8,11-12,17H,4-7H2,(H,16,18)(H,19,20)/t11-,12-. The maximum absolute atomic E-state index is 13.0. The molecule has 5 nitrogen and oxygen atoms in total. The van der Waals surface area contributed by atoms with Crippen molar-refractivity contribution in [2.24, 2.45) is 0 Å². The molecule has 0 heterocycles. The van der Waals surface area contributed by atoms with Crippen LogP contribution < -0.4 is 10.6 Å². The third-order valence-electron chi connectivity index (χ3n) is 3.48. The Morgan fingerprint density at radius 2 is 1.70 bits per heavy atom. The van der Waals surface area contributed by atoms with Gasteiger partial charge in [-0.25, -0.2) is 9.18 Å². The quantitative estimate of drug-likeness (QED) is 0.793. The Hall–Kier alpha value is -2.11. The fourth-order valence-electron chi connectivity index (χ4n) is 2.46. The van der Waals surface area contributed by atoms with Crippen molar-refractivity contribution in [2.75, 3.05) is 0 Å². The van der Waals surface area contributed by atoms with E-state index in [-0.39, 0.29) is 18.0 Å². The molecule has 1 saturated carbocycles. The van der Waals surface area contributed by atoms with E-state index in [2.05, 4.69) is 10.6 Å². The fourth-order valence-corrected chi connectivity index (χ4v) is 2.46. The summed E-state index contributed by atoms with van der Waals surface area (Å²) in [5.74, 6) is -0.730. The average molecular weight is 280 g/mol. The van der Waals surface area contributed by atoms with Crippen molar-refractivity contribution in [3.05, 3.63) is 35.6 Å². The third-order valence-corrected chi connectivity index (χ3v) is 3.48. The van der Waals surface area contributed by atoms with Crippen LogP contribution in [-0.4, -0.2) is 29.2 Å². The zero-order chi connectivity index (χ0) is 14.5. The Labute approximate surface area is 116 Å². The smallest absolute Gasteiger partial charge is 0.404 e.